The highest BCUT2D eigenvalue weighted by molar-refractivity contribution is 5.84. The van der Waals surface area contributed by atoms with Crippen molar-refractivity contribution in [3.05, 3.63) is 54.4 Å². The van der Waals surface area contributed by atoms with Crippen LogP contribution in [0.4, 0.5) is 5.69 Å². The lowest BCUT2D eigenvalue weighted by Crippen LogP contribution is -1.96. The summed E-state index contributed by atoms with van der Waals surface area (Å²) in [6.07, 6.45) is 3.12. The molecule has 2 N–H and O–H groups in total. The summed E-state index contributed by atoms with van der Waals surface area (Å²) >= 11 is 0. The standard InChI is InChI=1S/C15H10N4O/c16-8-10-7-12(17)15(19-9-10)20-13-5-1-3-11-4-2-6-18-14(11)13/h1-7,9H,17H2. The summed E-state index contributed by atoms with van der Waals surface area (Å²) in [7, 11) is 0. The number of benzene rings is 1. The Hall–Kier alpha value is -3.13. The molecule has 0 aliphatic carbocycles. The van der Waals surface area contributed by atoms with Crippen molar-refractivity contribution >= 4 is 16.6 Å². The molecule has 5 heteroatoms. The van der Waals surface area contributed by atoms with Crippen LogP contribution in [0.15, 0.2) is 48.8 Å². The maximum Gasteiger partial charge on any atom is 0.242 e. The highest BCUT2D eigenvalue weighted by Gasteiger charge is 2.08. The molecule has 0 unspecified atom stereocenters. The zero-order chi connectivity index (χ0) is 13.9. The third kappa shape index (κ3) is 2.10. The van der Waals surface area contributed by atoms with Gasteiger partial charge in [0.2, 0.25) is 5.88 Å². The van der Waals surface area contributed by atoms with E-state index in [2.05, 4.69) is 9.97 Å². The summed E-state index contributed by atoms with van der Waals surface area (Å²) in [5.74, 6) is 0.842. The molecule has 0 aliphatic heterocycles. The van der Waals surface area contributed by atoms with Gasteiger partial charge in [-0.25, -0.2) is 4.98 Å². The number of ether oxygens (including phenoxy) is 1. The van der Waals surface area contributed by atoms with Crippen LogP contribution in [0.3, 0.4) is 0 Å². The fourth-order valence-corrected chi connectivity index (χ4v) is 1.88. The van der Waals surface area contributed by atoms with Crippen LogP contribution in [0.2, 0.25) is 0 Å². The molecular weight excluding hydrogens is 252 g/mol. The van der Waals surface area contributed by atoms with Crippen molar-refractivity contribution in [3.8, 4) is 17.7 Å². The van der Waals surface area contributed by atoms with E-state index in [1.54, 1.807) is 12.3 Å². The van der Waals surface area contributed by atoms with Crippen molar-refractivity contribution in [2.24, 2.45) is 0 Å². The van der Waals surface area contributed by atoms with Gasteiger partial charge in [-0.1, -0.05) is 18.2 Å². The van der Waals surface area contributed by atoms with Gasteiger partial charge < -0.3 is 10.5 Å². The molecule has 3 rings (SSSR count). The average Bonchev–Trinajstić information content (AvgIpc) is 2.49. The highest BCUT2D eigenvalue weighted by Crippen LogP contribution is 2.30. The first-order valence-electron chi connectivity index (χ1n) is 5.95. The minimum absolute atomic E-state index is 0.266. The van der Waals surface area contributed by atoms with Crippen LogP contribution in [-0.4, -0.2) is 9.97 Å². The van der Waals surface area contributed by atoms with Gasteiger partial charge in [-0.3, -0.25) is 4.98 Å². The Balaban J connectivity index is 2.04. The lowest BCUT2D eigenvalue weighted by Gasteiger charge is -2.09. The van der Waals surface area contributed by atoms with Crippen molar-refractivity contribution in [1.29, 1.82) is 5.26 Å². The molecule has 0 saturated carbocycles. The Morgan fingerprint density at radius 3 is 2.80 bits per heavy atom. The number of pyridine rings is 2. The van der Waals surface area contributed by atoms with E-state index in [4.69, 9.17) is 15.7 Å². The van der Waals surface area contributed by atoms with Crippen molar-refractivity contribution in [3.63, 3.8) is 0 Å². The number of nitrogen functional groups attached to an aromatic ring is 1. The van der Waals surface area contributed by atoms with Gasteiger partial charge in [0.15, 0.2) is 5.75 Å². The number of rotatable bonds is 2. The molecule has 96 valence electrons. The highest BCUT2D eigenvalue weighted by atomic mass is 16.5. The van der Waals surface area contributed by atoms with Gasteiger partial charge in [0.05, 0.1) is 11.3 Å². The minimum Gasteiger partial charge on any atom is -0.435 e. The van der Waals surface area contributed by atoms with Gasteiger partial charge in [-0.05, 0) is 18.2 Å². The predicted octanol–water partition coefficient (Wildman–Crippen LogP) is 2.88. The van der Waals surface area contributed by atoms with Crippen molar-refractivity contribution in [2.45, 2.75) is 0 Å². The summed E-state index contributed by atoms with van der Waals surface area (Å²) < 4.78 is 5.71. The summed E-state index contributed by atoms with van der Waals surface area (Å²) in [4.78, 5) is 8.35. The molecule has 5 nitrogen and oxygen atoms in total. The number of nitrogens with two attached hydrogens (primary N) is 1. The first-order valence-corrected chi connectivity index (χ1v) is 5.95. The number of hydrogen-bond donors (Lipinski definition) is 1. The van der Waals surface area contributed by atoms with Crippen molar-refractivity contribution in [2.75, 3.05) is 5.73 Å². The van der Waals surface area contributed by atoms with Crippen LogP contribution in [0.1, 0.15) is 5.56 Å². The third-order valence-corrected chi connectivity index (χ3v) is 2.81. The topological polar surface area (TPSA) is 84.8 Å². The summed E-state index contributed by atoms with van der Waals surface area (Å²) in [6.45, 7) is 0. The zero-order valence-electron chi connectivity index (χ0n) is 10.4. The lowest BCUT2D eigenvalue weighted by atomic mass is 10.2. The molecule has 2 aromatic heterocycles. The van der Waals surface area contributed by atoms with Crippen molar-refractivity contribution < 1.29 is 4.74 Å². The van der Waals surface area contributed by atoms with Gasteiger partial charge in [0.25, 0.3) is 0 Å². The molecule has 3 aromatic rings. The molecule has 20 heavy (non-hydrogen) atoms. The number of aromatic nitrogens is 2. The molecule has 0 spiro atoms. The van der Waals surface area contributed by atoms with E-state index in [0.29, 0.717) is 17.0 Å². The number of nitriles is 1. The molecule has 2 heterocycles. The van der Waals surface area contributed by atoms with E-state index in [1.165, 1.54) is 12.3 Å². The lowest BCUT2D eigenvalue weighted by molar-refractivity contribution is 0.470. The maximum absolute atomic E-state index is 8.79. The summed E-state index contributed by atoms with van der Waals surface area (Å²) in [5.41, 5.74) is 7.28. The molecule has 0 amide bonds. The van der Waals surface area contributed by atoms with E-state index in [0.717, 1.165) is 10.9 Å². The Morgan fingerprint density at radius 1 is 1.15 bits per heavy atom. The van der Waals surface area contributed by atoms with Crippen LogP contribution in [0, 0.1) is 11.3 Å². The molecule has 0 fully saturated rings. The molecule has 0 saturated heterocycles. The summed E-state index contributed by atoms with van der Waals surface area (Å²) in [5, 5.41) is 9.76. The predicted molar refractivity (Wildman–Crippen MR) is 75.2 cm³/mol. The van der Waals surface area contributed by atoms with Gasteiger partial charge >= 0.3 is 0 Å². The average molecular weight is 262 g/mol. The van der Waals surface area contributed by atoms with E-state index < -0.39 is 0 Å². The van der Waals surface area contributed by atoms with Crippen LogP contribution >= 0.6 is 0 Å². The molecule has 0 aliphatic rings. The number of fused-ring (bicyclic) bond motifs is 1. The molecule has 1 aromatic carbocycles. The van der Waals surface area contributed by atoms with Gasteiger partial charge in [-0.2, -0.15) is 5.26 Å². The van der Waals surface area contributed by atoms with Crippen LogP contribution in [0.25, 0.3) is 10.9 Å². The van der Waals surface area contributed by atoms with Crippen LogP contribution in [-0.2, 0) is 0 Å². The molecule has 0 atom stereocenters. The first-order chi connectivity index (χ1) is 9.78. The van der Waals surface area contributed by atoms with E-state index in [1.807, 2.05) is 30.3 Å². The first kappa shape index (κ1) is 11.9. The molecular formula is C15H10N4O. The SMILES string of the molecule is N#Cc1cnc(Oc2cccc3cccnc23)c(N)c1. The largest absolute Gasteiger partial charge is 0.435 e. The van der Waals surface area contributed by atoms with E-state index in [9.17, 15) is 0 Å². The van der Waals surface area contributed by atoms with E-state index >= 15 is 0 Å². The van der Waals surface area contributed by atoms with E-state index in [-0.39, 0.29) is 5.88 Å². The number of hydrogen-bond acceptors (Lipinski definition) is 5. The normalized spacial score (nSPS) is 10.2. The second kappa shape index (κ2) is 4.86. The van der Waals surface area contributed by atoms with Gasteiger partial charge in [-0.15, -0.1) is 0 Å². The van der Waals surface area contributed by atoms with Gasteiger partial charge in [0.1, 0.15) is 11.6 Å². The zero-order valence-corrected chi connectivity index (χ0v) is 10.4. The second-order valence-electron chi connectivity index (χ2n) is 4.16. The maximum atomic E-state index is 8.79. The van der Waals surface area contributed by atoms with Crippen LogP contribution in [0.5, 0.6) is 11.6 Å². The van der Waals surface area contributed by atoms with Gasteiger partial charge in [0, 0.05) is 17.8 Å². The smallest absolute Gasteiger partial charge is 0.242 e. The Morgan fingerprint density at radius 2 is 2.00 bits per heavy atom. The molecule has 0 bridgehead atoms. The second-order valence-corrected chi connectivity index (χ2v) is 4.16. The Kier molecular flexibility index (Phi) is 2.90. The Bertz CT molecular complexity index is 818. The van der Waals surface area contributed by atoms with Crippen molar-refractivity contribution in [1.82, 2.24) is 9.97 Å². The number of anilines is 1. The number of nitrogens with zero attached hydrogens (tertiary/aromatic N) is 3. The Labute approximate surface area is 115 Å². The monoisotopic (exact) mass is 262 g/mol. The van der Waals surface area contributed by atoms with Crippen LogP contribution < -0.4 is 10.5 Å². The summed E-state index contributed by atoms with van der Waals surface area (Å²) in [6, 6.07) is 12.9. The third-order valence-electron chi connectivity index (χ3n) is 2.81. The number of para-hydroxylation sites is 1. The quantitative estimate of drug-likeness (QED) is 0.767. The minimum atomic E-state index is 0.266. The fraction of sp³-hybridized carbons (Fsp3) is 0. The molecule has 0 radical (unpaired) electrons. The fourth-order valence-electron chi connectivity index (χ4n) is 1.88.